The van der Waals surface area contributed by atoms with Crippen molar-refractivity contribution in [1.29, 1.82) is 0 Å². The summed E-state index contributed by atoms with van der Waals surface area (Å²) in [7, 11) is -2.92. The van der Waals surface area contributed by atoms with Crippen molar-refractivity contribution in [1.82, 2.24) is 13.7 Å². The maximum atomic E-state index is 2.48. The molecule has 10 aromatic carbocycles. The first-order valence-corrected chi connectivity index (χ1v) is 24.1. The van der Waals surface area contributed by atoms with Gasteiger partial charge in [-0.15, -0.1) is 0 Å². The fourth-order valence-corrected chi connectivity index (χ4v) is 15.6. The summed E-state index contributed by atoms with van der Waals surface area (Å²) in [6.07, 6.45) is 0. The minimum Gasteiger partial charge on any atom is -0.309 e. The molecule has 3 nitrogen and oxygen atoms in total. The van der Waals surface area contributed by atoms with Crippen LogP contribution >= 0.6 is 0 Å². The summed E-state index contributed by atoms with van der Waals surface area (Å²) in [5, 5.41) is 12.9. The third-order valence-electron chi connectivity index (χ3n) is 13.6. The Morgan fingerprint density at radius 3 is 1.00 bits per heavy atom. The van der Waals surface area contributed by atoms with Gasteiger partial charge in [0.1, 0.15) is 0 Å². The van der Waals surface area contributed by atoms with Gasteiger partial charge in [0.25, 0.3) is 0 Å². The van der Waals surface area contributed by atoms with Crippen LogP contribution in [0.4, 0.5) is 0 Å². The van der Waals surface area contributed by atoms with Crippen molar-refractivity contribution in [2.24, 2.45) is 0 Å². The van der Waals surface area contributed by atoms with Gasteiger partial charge in [-0.3, -0.25) is 0 Å². The van der Waals surface area contributed by atoms with Crippen LogP contribution in [0.5, 0.6) is 0 Å². The van der Waals surface area contributed by atoms with Crippen molar-refractivity contribution < 1.29 is 0 Å². The topological polar surface area (TPSA) is 14.8 Å². The number of nitrogens with zero attached hydrogens (tertiary/aromatic N) is 3. The van der Waals surface area contributed by atoms with Gasteiger partial charge >= 0.3 is 0 Å². The molecule has 0 radical (unpaired) electrons. The van der Waals surface area contributed by atoms with Crippen LogP contribution in [-0.2, 0) is 0 Å². The molecule has 0 unspecified atom stereocenters. The molecule has 13 aromatic rings. The Morgan fingerprint density at radius 1 is 0.203 bits per heavy atom. The molecule has 64 heavy (non-hydrogen) atoms. The quantitative estimate of drug-likeness (QED) is 0.112. The van der Waals surface area contributed by atoms with E-state index in [9.17, 15) is 0 Å². The zero-order valence-electron chi connectivity index (χ0n) is 35.0. The lowest BCUT2D eigenvalue weighted by Gasteiger charge is -2.35. The van der Waals surface area contributed by atoms with E-state index in [0.717, 1.165) is 11.4 Å². The van der Waals surface area contributed by atoms with Gasteiger partial charge in [-0.1, -0.05) is 176 Å². The van der Waals surface area contributed by atoms with Gasteiger partial charge in [0.05, 0.1) is 33.1 Å². The molecular formula is C60H41N3Si. The van der Waals surface area contributed by atoms with Crippen molar-refractivity contribution >= 4 is 94.2 Å². The summed E-state index contributed by atoms with van der Waals surface area (Å²) < 4.78 is 7.33. The van der Waals surface area contributed by atoms with Crippen LogP contribution in [0.25, 0.3) is 82.5 Å². The highest BCUT2D eigenvalue weighted by Crippen LogP contribution is 2.39. The number of para-hydroxylation sites is 5. The first-order valence-electron chi connectivity index (χ1n) is 22.1. The second-order valence-corrected chi connectivity index (χ2v) is 20.7. The Bertz CT molecular complexity index is 3790. The third kappa shape index (κ3) is 5.33. The first-order chi connectivity index (χ1) is 31.8. The molecular weight excluding hydrogens is 791 g/mol. The molecule has 0 spiro atoms. The highest BCUT2D eigenvalue weighted by molar-refractivity contribution is 7.19. The summed E-state index contributed by atoms with van der Waals surface area (Å²) in [5.74, 6) is 0. The molecule has 0 atom stereocenters. The summed E-state index contributed by atoms with van der Waals surface area (Å²) in [4.78, 5) is 0. The minimum absolute atomic E-state index is 1.14. The summed E-state index contributed by atoms with van der Waals surface area (Å²) in [5.41, 5.74) is 10.7. The molecule has 0 aliphatic heterocycles. The standard InChI is InChI=1S/C60H41N3Si/c1-4-19-42(20-5-1)61-57-33-16-12-29-51(57)53-41-60-54(40-59(53)61)52-30-13-17-34-58(52)62(60)43-35-37-47(38-36-43)64(45-22-6-2-7-23-45,46-24-8-3-9-25-46)48-26-18-21-44(39-48)63-55-31-14-10-27-49(55)50-28-11-15-32-56(50)63/h1-41H. The maximum Gasteiger partial charge on any atom is 0.179 e. The Labute approximate surface area is 372 Å². The molecule has 0 saturated heterocycles. The molecule has 0 aliphatic carbocycles. The molecule has 0 aliphatic rings. The summed E-state index contributed by atoms with van der Waals surface area (Å²) >= 11 is 0. The SMILES string of the molecule is c1ccc(-n2c3ccccc3c3cc4c(cc32)c2ccccc2n4-c2ccc([Si](c3ccccc3)(c3ccccc3)c3cccc(-n4c5ccccc5c5ccccc54)c3)cc2)cc1. The highest BCUT2D eigenvalue weighted by atomic mass is 28.3. The molecule has 0 fully saturated rings. The predicted octanol–water partition coefficient (Wildman–Crippen LogP) is 12.4. The molecule has 3 heterocycles. The lowest BCUT2D eigenvalue weighted by molar-refractivity contribution is 1.17. The average Bonchev–Trinajstić information content (AvgIpc) is 4.00. The smallest absolute Gasteiger partial charge is 0.179 e. The van der Waals surface area contributed by atoms with Gasteiger partial charge < -0.3 is 13.7 Å². The number of hydrogen-bond donors (Lipinski definition) is 0. The molecule has 4 heteroatoms. The van der Waals surface area contributed by atoms with E-state index in [4.69, 9.17) is 0 Å². The van der Waals surface area contributed by atoms with E-state index in [1.54, 1.807) is 0 Å². The number of aromatic nitrogens is 3. The number of benzene rings is 10. The molecule has 0 amide bonds. The zero-order chi connectivity index (χ0) is 42.2. The van der Waals surface area contributed by atoms with E-state index in [2.05, 4.69) is 262 Å². The van der Waals surface area contributed by atoms with Crippen LogP contribution in [0.15, 0.2) is 249 Å². The van der Waals surface area contributed by atoms with Crippen LogP contribution in [-0.4, -0.2) is 21.8 Å². The van der Waals surface area contributed by atoms with Gasteiger partial charge in [0, 0.05) is 49.4 Å². The van der Waals surface area contributed by atoms with Gasteiger partial charge in [-0.05, 0) is 93.5 Å². The van der Waals surface area contributed by atoms with Crippen molar-refractivity contribution in [2.45, 2.75) is 0 Å². The summed E-state index contributed by atoms with van der Waals surface area (Å²) in [6.45, 7) is 0. The normalized spacial score (nSPS) is 12.1. The number of fused-ring (bicyclic) bond motifs is 9. The number of hydrogen-bond acceptors (Lipinski definition) is 0. The van der Waals surface area contributed by atoms with E-state index in [-0.39, 0.29) is 0 Å². The van der Waals surface area contributed by atoms with Gasteiger partial charge in [-0.25, -0.2) is 0 Å². The fraction of sp³-hybridized carbons (Fsp3) is 0. The zero-order valence-corrected chi connectivity index (χ0v) is 36.0. The Hall–Kier alpha value is -8.18. The van der Waals surface area contributed by atoms with Crippen LogP contribution in [0.1, 0.15) is 0 Å². The lowest BCUT2D eigenvalue weighted by atomic mass is 10.1. The largest absolute Gasteiger partial charge is 0.309 e. The van der Waals surface area contributed by atoms with Crippen molar-refractivity contribution in [3.63, 3.8) is 0 Å². The molecule has 3 aromatic heterocycles. The van der Waals surface area contributed by atoms with E-state index >= 15 is 0 Å². The maximum absolute atomic E-state index is 2.92. The van der Waals surface area contributed by atoms with Gasteiger partial charge in [0.2, 0.25) is 0 Å². The summed E-state index contributed by atoms with van der Waals surface area (Å²) in [6, 6.07) is 92.3. The molecule has 0 saturated carbocycles. The Kier molecular flexibility index (Phi) is 8.23. The minimum atomic E-state index is -2.92. The molecule has 0 bridgehead atoms. The Balaban J connectivity index is 1.04. The van der Waals surface area contributed by atoms with E-state index in [0.29, 0.717) is 0 Å². The number of rotatable bonds is 7. The van der Waals surface area contributed by atoms with Crippen molar-refractivity contribution in [2.75, 3.05) is 0 Å². The average molecular weight is 832 g/mol. The Morgan fingerprint density at radius 2 is 0.531 bits per heavy atom. The van der Waals surface area contributed by atoms with Crippen LogP contribution in [0.2, 0.25) is 0 Å². The second kappa shape index (κ2) is 14.5. The monoisotopic (exact) mass is 831 g/mol. The van der Waals surface area contributed by atoms with Gasteiger partial charge in [0.15, 0.2) is 8.07 Å². The van der Waals surface area contributed by atoms with E-state index in [1.165, 1.54) is 91.9 Å². The first kappa shape index (κ1) is 36.5. The van der Waals surface area contributed by atoms with Gasteiger partial charge in [-0.2, -0.15) is 0 Å². The van der Waals surface area contributed by atoms with Crippen LogP contribution in [0, 0.1) is 0 Å². The van der Waals surface area contributed by atoms with Crippen LogP contribution < -0.4 is 20.7 Å². The lowest BCUT2D eigenvalue weighted by Crippen LogP contribution is -2.74. The fourth-order valence-electron chi connectivity index (χ4n) is 10.9. The third-order valence-corrected chi connectivity index (χ3v) is 18.3. The van der Waals surface area contributed by atoms with Crippen molar-refractivity contribution in [3.8, 4) is 17.1 Å². The van der Waals surface area contributed by atoms with E-state index < -0.39 is 8.07 Å². The van der Waals surface area contributed by atoms with Crippen LogP contribution in [0.3, 0.4) is 0 Å². The molecule has 13 rings (SSSR count). The van der Waals surface area contributed by atoms with Crippen molar-refractivity contribution in [3.05, 3.63) is 249 Å². The van der Waals surface area contributed by atoms with E-state index in [1.807, 2.05) is 0 Å². The molecule has 0 N–H and O–H groups in total. The highest BCUT2D eigenvalue weighted by Gasteiger charge is 2.41. The second-order valence-electron chi connectivity index (χ2n) is 16.9. The predicted molar refractivity (Wildman–Crippen MR) is 273 cm³/mol. The molecule has 300 valence electrons.